The molecule has 2 unspecified atom stereocenters. The summed E-state index contributed by atoms with van der Waals surface area (Å²) in [7, 11) is -0.553. The van der Waals surface area contributed by atoms with Gasteiger partial charge >= 0.3 is 0 Å². The average Bonchev–Trinajstić information content (AvgIpc) is 2.63. The van der Waals surface area contributed by atoms with Crippen molar-refractivity contribution in [2.45, 2.75) is 81.3 Å². The van der Waals surface area contributed by atoms with E-state index in [9.17, 15) is 4.79 Å². The van der Waals surface area contributed by atoms with Gasteiger partial charge in [0.25, 0.3) is 5.24 Å². The van der Waals surface area contributed by atoms with Gasteiger partial charge in [0, 0.05) is 19.1 Å². The predicted molar refractivity (Wildman–Crippen MR) is 119 cm³/mol. The summed E-state index contributed by atoms with van der Waals surface area (Å²) in [4.78, 5) is 15.9. The molecule has 2 saturated carbocycles. The molecule has 0 radical (unpaired) electrons. The summed E-state index contributed by atoms with van der Waals surface area (Å²) in [6, 6.07) is 11.4. The van der Waals surface area contributed by atoms with Gasteiger partial charge < -0.3 is 10.6 Å². The zero-order valence-corrected chi connectivity index (χ0v) is 18.6. The van der Waals surface area contributed by atoms with Crippen LogP contribution in [0.5, 0.6) is 0 Å². The van der Waals surface area contributed by atoms with Gasteiger partial charge in [-0.25, -0.2) is 0 Å². The van der Waals surface area contributed by atoms with Crippen LogP contribution in [0.3, 0.4) is 0 Å². The Kier molecular flexibility index (Phi) is 4.24. The van der Waals surface area contributed by atoms with Crippen LogP contribution in [0.15, 0.2) is 30.3 Å². The Morgan fingerprint density at radius 1 is 1.07 bits per heavy atom. The number of amides is 1. The summed E-state index contributed by atoms with van der Waals surface area (Å²) in [5.74, 6) is 0. The van der Waals surface area contributed by atoms with E-state index in [0.717, 1.165) is 19.5 Å². The summed E-state index contributed by atoms with van der Waals surface area (Å²) in [5.41, 5.74) is 8.66. The lowest BCUT2D eigenvalue weighted by Gasteiger charge is -2.65. The lowest BCUT2D eigenvalue weighted by molar-refractivity contribution is 0.0612. The molecule has 1 amide bonds. The highest BCUT2D eigenvalue weighted by Gasteiger charge is 2.60. The fraction of sp³-hybridized carbons (Fsp3) is 0.708. The van der Waals surface area contributed by atoms with Gasteiger partial charge in [-0.1, -0.05) is 51.1 Å². The number of nitrogens with two attached hydrogens (primary N) is 1. The second kappa shape index (κ2) is 6.25. The minimum atomic E-state index is -0.553. The molecular formula is C24H36N2OS. The number of piperidine rings is 1. The number of thiol groups is 1. The molecule has 28 heavy (non-hydrogen) atoms. The van der Waals surface area contributed by atoms with E-state index in [4.69, 9.17) is 5.73 Å². The van der Waals surface area contributed by atoms with Crippen LogP contribution in [0.4, 0.5) is 4.79 Å². The minimum Gasteiger partial charge on any atom is -0.334 e. The zero-order valence-electron chi connectivity index (χ0n) is 17.7. The highest BCUT2D eigenvalue weighted by Crippen LogP contribution is 2.70. The third-order valence-corrected chi connectivity index (χ3v) is 11.5. The van der Waals surface area contributed by atoms with E-state index in [0.29, 0.717) is 26.6 Å². The van der Waals surface area contributed by atoms with Crippen LogP contribution < -0.4 is 5.73 Å². The lowest BCUT2D eigenvalue weighted by atomic mass is 9.53. The Morgan fingerprint density at radius 3 is 2.32 bits per heavy atom. The largest absolute Gasteiger partial charge is 0.334 e. The van der Waals surface area contributed by atoms with Crippen LogP contribution in [-0.2, 0) is 5.41 Å². The van der Waals surface area contributed by atoms with E-state index in [1.807, 2.05) is 0 Å². The van der Waals surface area contributed by atoms with Gasteiger partial charge in [-0.2, -0.15) is 10.9 Å². The Labute approximate surface area is 172 Å². The lowest BCUT2D eigenvalue weighted by Crippen LogP contribution is -2.60. The van der Waals surface area contributed by atoms with E-state index in [-0.39, 0.29) is 11.5 Å². The Hall–Kier alpha value is -1.00. The quantitative estimate of drug-likeness (QED) is 0.663. The van der Waals surface area contributed by atoms with Crippen LogP contribution in [0.1, 0.15) is 64.9 Å². The van der Waals surface area contributed by atoms with Crippen molar-refractivity contribution in [3.05, 3.63) is 35.9 Å². The third-order valence-electron chi connectivity index (χ3n) is 8.45. The number of benzene rings is 1. The summed E-state index contributed by atoms with van der Waals surface area (Å²) < 4.78 is 0. The topological polar surface area (TPSA) is 46.3 Å². The number of carbonyl (C=O) groups is 1. The fourth-order valence-corrected chi connectivity index (χ4v) is 11.4. The molecule has 4 heteroatoms. The van der Waals surface area contributed by atoms with Crippen molar-refractivity contribution in [3.8, 4) is 0 Å². The molecule has 3 saturated heterocycles. The number of carbonyl (C=O) groups excluding carboxylic acids is 1. The van der Waals surface area contributed by atoms with Crippen LogP contribution >= 0.6 is 10.9 Å². The van der Waals surface area contributed by atoms with Crippen molar-refractivity contribution < 1.29 is 4.79 Å². The predicted octanol–water partition coefficient (Wildman–Crippen LogP) is 4.84. The van der Waals surface area contributed by atoms with Crippen molar-refractivity contribution in [1.29, 1.82) is 0 Å². The molecule has 154 valence electrons. The van der Waals surface area contributed by atoms with E-state index >= 15 is 0 Å². The fourth-order valence-electron chi connectivity index (χ4n) is 7.29. The number of hydrogen-bond donors (Lipinski definition) is 2. The van der Waals surface area contributed by atoms with Gasteiger partial charge in [0.15, 0.2) is 0 Å². The Balaban J connectivity index is 1.42. The van der Waals surface area contributed by atoms with Crippen LogP contribution in [0, 0.1) is 10.8 Å². The molecule has 2 N–H and O–H groups in total. The standard InChI is InChI=1S/C24H36N2OS/c1-22(2)16-26(10-9-20(22)25)21(27)28-18-11-23(3)12-19(28)14-24(13-18,15-23)17-7-5-4-6-8-17/h4-8,18-20,28H,9-16,25H2,1-3H3/t18?,19?,20-,23?,24?/m0/s1. The molecule has 4 bridgehead atoms. The van der Waals surface area contributed by atoms with Crippen LogP contribution in [0.25, 0.3) is 0 Å². The first-order valence-electron chi connectivity index (χ1n) is 11.1. The van der Waals surface area contributed by atoms with Crippen molar-refractivity contribution >= 4 is 16.1 Å². The molecule has 3 atom stereocenters. The zero-order chi connectivity index (χ0) is 19.7. The monoisotopic (exact) mass is 400 g/mol. The van der Waals surface area contributed by atoms with Gasteiger partial charge in [-0.15, -0.1) is 0 Å². The number of likely N-dealkylation sites (tertiary alicyclic amines) is 1. The Morgan fingerprint density at radius 2 is 1.71 bits per heavy atom. The smallest absolute Gasteiger partial charge is 0.262 e. The molecule has 6 rings (SSSR count). The van der Waals surface area contributed by atoms with Gasteiger partial charge in [-0.3, -0.25) is 4.79 Å². The summed E-state index contributed by atoms with van der Waals surface area (Å²) in [6.07, 6.45) is 7.27. The molecule has 5 fully saturated rings. The van der Waals surface area contributed by atoms with Crippen molar-refractivity contribution in [1.82, 2.24) is 4.90 Å². The molecule has 5 aliphatic rings. The Bertz CT molecular complexity index is 760. The van der Waals surface area contributed by atoms with Crippen molar-refractivity contribution in [2.24, 2.45) is 16.6 Å². The molecule has 0 spiro atoms. The average molecular weight is 401 g/mol. The third kappa shape index (κ3) is 2.86. The van der Waals surface area contributed by atoms with E-state index < -0.39 is 10.9 Å². The second-order valence-electron chi connectivity index (χ2n) is 11.3. The van der Waals surface area contributed by atoms with Gasteiger partial charge in [0.1, 0.15) is 0 Å². The summed E-state index contributed by atoms with van der Waals surface area (Å²) in [5, 5.41) is 1.75. The van der Waals surface area contributed by atoms with E-state index in [1.54, 1.807) is 0 Å². The van der Waals surface area contributed by atoms with Gasteiger partial charge in [-0.05, 0) is 70.8 Å². The first-order valence-corrected chi connectivity index (χ1v) is 12.6. The molecule has 1 aromatic carbocycles. The first-order chi connectivity index (χ1) is 13.2. The molecular weight excluding hydrogens is 364 g/mol. The minimum absolute atomic E-state index is 0.0352. The highest BCUT2D eigenvalue weighted by molar-refractivity contribution is 8.30. The molecule has 3 nitrogen and oxygen atoms in total. The van der Waals surface area contributed by atoms with E-state index in [2.05, 4.69) is 56.0 Å². The summed E-state index contributed by atoms with van der Waals surface area (Å²) in [6.45, 7) is 8.66. The molecule has 3 heterocycles. The van der Waals surface area contributed by atoms with Gasteiger partial charge in [0.2, 0.25) is 0 Å². The first kappa shape index (κ1) is 19.0. The number of rotatable bonds is 1. The highest BCUT2D eigenvalue weighted by atomic mass is 32.2. The SMILES string of the molecule is CC12CC3CC(c4ccccc4)(CC(C1)[SH]3C(=O)N1CC[C@H](N)C(C)(C)C1)C2. The maximum atomic E-state index is 13.7. The maximum absolute atomic E-state index is 13.7. The number of nitrogens with zero attached hydrogens (tertiary/aromatic N) is 1. The molecule has 3 aliphatic heterocycles. The van der Waals surface area contributed by atoms with E-state index in [1.165, 1.54) is 37.7 Å². The number of hydrogen-bond acceptors (Lipinski definition) is 2. The molecule has 2 aliphatic carbocycles. The molecule has 1 aromatic rings. The maximum Gasteiger partial charge on any atom is 0.262 e. The second-order valence-corrected chi connectivity index (χ2v) is 13.9. The molecule has 0 aromatic heterocycles. The summed E-state index contributed by atoms with van der Waals surface area (Å²) >= 11 is 0. The van der Waals surface area contributed by atoms with Gasteiger partial charge in [0.05, 0.1) is 0 Å². The van der Waals surface area contributed by atoms with Crippen molar-refractivity contribution in [3.63, 3.8) is 0 Å². The van der Waals surface area contributed by atoms with Crippen LogP contribution in [-0.4, -0.2) is 39.8 Å². The normalized spacial score (nSPS) is 45.2. The van der Waals surface area contributed by atoms with Crippen LogP contribution in [0.2, 0.25) is 0 Å². The van der Waals surface area contributed by atoms with Crippen molar-refractivity contribution in [2.75, 3.05) is 13.1 Å².